The number of nitrogens with zero attached hydrogens (tertiary/aromatic N) is 1. The lowest BCUT2D eigenvalue weighted by atomic mass is 10.2. The Morgan fingerprint density at radius 3 is 2.65 bits per heavy atom. The average molecular weight is 302 g/mol. The van der Waals surface area contributed by atoms with Gasteiger partial charge in [-0.05, 0) is 19.4 Å². The first-order chi connectivity index (χ1) is 9.24. The molecular weight excluding hydrogens is 288 g/mol. The van der Waals surface area contributed by atoms with Gasteiger partial charge in [0.05, 0.1) is 9.82 Å². The van der Waals surface area contributed by atoms with Crippen LogP contribution in [0.25, 0.3) is 0 Å². The number of aliphatic carboxylic acids is 1. The average Bonchev–Trinajstić information content (AvgIpc) is 2.34. The Kier molecular flexibility index (Phi) is 5.17. The van der Waals surface area contributed by atoms with Gasteiger partial charge in [-0.2, -0.15) is 0 Å². The molecule has 0 aliphatic rings. The molecule has 1 rings (SSSR count). The minimum absolute atomic E-state index is 0.0453. The topological polar surface area (TPSA) is 127 Å². The predicted molar refractivity (Wildman–Crippen MR) is 69.9 cm³/mol. The quantitative estimate of drug-likeness (QED) is 0.440. The number of hydrogen-bond acceptors (Lipinski definition) is 5. The second-order valence-corrected chi connectivity index (χ2v) is 5.87. The summed E-state index contributed by atoms with van der Waals surface area (Å²) in [6.45, 7) is 1.46. The smallest absolute Gasteiger partial charge is 0.303 e. The largest absolute Gasteiger partial charge is 0.481 e. The second-order valence-electron chi connectivity index (χ2n) is 4.10. The monoisotopic (exact) mass is 302 g/mol. The van der Waals surface area contributed by atoms with E-state index in [0.29, 0.717) is 5.56 Å². The van der Waals surface area contributed by atoms with E-state index in [9.17, 15) is 23.3 Å². The van der Waals surface area contributed by atoms with E-state index < -0.39 is 20.9 Å². The van der Waals surface area contributed by atoms with Crippen LogP contribution in [0.2, 0.25) is 0 Å². The first-order valence-corrected chi connectivity index (χ1v) is 7.19. The zero-order valence-electron chi connectivity index (χ0n) is 10.7. The molecule has 1 aromatic rings. The fourth-order valence-electron chi connectivity index (χ4n) is 1.48. The van der Waals surface area contributed by atoms with Gasteiger partial charge in [-0.1, -0.05) is 6.07 Å². The third kappa shape index (κ3) is 4.28. The molecule has 0 aromatic heterocycles. The lowest BCUT2D eigenvalue weighted by molar-refractivity contribution is -0.385. The number of nitrogens with one attached hydrogen (secondary N) is 1. The Balaban J connectivity index is 2.85. The summed E-state index contributed by atoms with van der Waals surface area (Å²) in [5.41, 5.74) is 0.0817. The van der Waals surface area contributed by atoms with Gasteiger partial charge in [0.1, 0.15) is 0 Å². The molecule has 0 aliphatic carbocycles. The highest BCUT2D eigenvalue weighted by molar-refractivity contribution is 7.89. The lowest BCUT2D eigenvalue weighted by Crippen LogP contribution is -2.25. The van der Waals surface area contributed by atoms with E-state index in [1.54, 1.807) is 0 Å². The van der Waals surface area contributed by atoms with Crippen LogP contribution in [0, 0.1) is 17.0 Å². The van der Waals surface area contributed by atoms with Crippen LogP contribution in [0.4, 0.5) is 5.69 Å². The van der Waals surface area contributed by atoms with Gasteiger partial charge >= 0.3 is 5.97 Å². The first-order valence-electron chi connectivity index (χ1n) is 5.70. The van der Waals surface area contributed by atoms with E-state index in [1.165, 1.54) is 19.1 Å². The predicted octanol–water partition coefficient (Wildman–Crippen LogP) is 1.05. The number of carbonyl (C=O) groups is 1. The minimum Gasteiger partial charge on any atom is -0.481 e. The van der Waals surface area contributed by atoms with Crippen LogP contribution in [0.15, 0.2) is 23.1 Å². The fourth-order valence-corrected chi connectivity index (χ4v) is 2.58. The zero-order chi connectivity index (χ0) is 15.3. The van der Waals surface area contributed by atoms with E-state index in [4.69, 9.17) is 5.11 Å². The number of hydrogen-bond donors (Lipinski definition) is 2. The van der Waals surface area contributed by atoms with Crippen LogP contribution in [0.1, 0.15) is 18.4 Å². The van der Waals surface area contributed by atoms with Gasteiger partial charge < -0.3 is 5.11 Å². The molecule has 0 unspecified atom stereocenters. The summed E-state index contributed by atoms with van der Waals surface area (Å²) in [7, 11) is -3.88. The summed E-state index contributed by atoms with van der Waals surface area (Å²) in [5, 5.41) is 19.2. The summed E-state index contributed by atoms with van der Waals surface area (Å²) in [4.78, 5) is 20.2. The summed E-state index contributed by atoms with van der Waals surface area (Å²) >= 11 is 0. The van der Waals surface area contributed by atoms with E-state index in [0.717, 1.165) is 6.07 Å². The molecule has 0 spiro atoms. The van der Waals surface area contributed by atoms with Crippen LogP contribution in [-0.2, 0) is 14.8 Å². The van der Waals surface area contributed by atoms with Crippen LogP contribution in [-0.4, -0.2) is 31.0 Å². The number of nitro groups is 1. The Labute approximate surface area is 115 Å². The molecular formula is C11H14N2O6S. The summed E-state index contributed by atoms with van der Waals surface area (Å²) in [6, 6.07) is 3.60. The summed E-state index contributed by atoms with van der Waals surface area (Å²) in [6.07, 6.45) is -0.0148. The maximum absolute atomic E-state index is 11.9. The van der Waals surface area contributed by atoms with E-state index in [2.05, 4.69) is 4.72 Å². The number of sulfonamides is 1. The van der Waals surface area contributed by atoms with Gasteiger partial charge in [-0.3, -0.25) is 14.9 Å². The highest BCUT2D eigenvalue weighted by atomic mass is 32.2. The normalized spacial score (nSPS) is 11.2. The van der Waals surface area contributed by atoms with Crippen LogP contribution >= 0.6 is 0 Å². The SMILES string of the molecule is Cc1ccc(S(=O)(=O)NCCCC(=O)O)cc1[N+](=O)[O-]. The Hall–Kier alpha value is -2.00. The van der Waals surface area contributed by atoms with Crippen molar-refractivity contribution in [3.63, 3.8) is 0 Å². The molecule has 0 atom stereocenters. The molecule has 0 aliphatic heterocycles. The Bertz CT molecular complexity index is 626. The first kappa shape index (κ1) is 16.1. The molecule has 2 N–H and O–H groups in total. The molecule has 0 saturated heterocycles. The number of nitro benzene ring substituents is 1. The maximum atomic E-state index is 11.9. The van der Waals surface area contributed by atoms with Crippen molar-refractivity contribution >= 4 is 21.7 Å². The highest BCUT2D eigenvalue weighted by Gasteiger charge is 2.19. The number of carboxylic acids is 1. The van der Waals surface area contributed by atoms with Crippen molar-refractivity contribution in [3.8, 4) is 0 Å². The van der Waals surface area contributed by atoms with Crippen molar-refractivity contribution in [1.82, 2.24) is 4.72 Å². The van der Waals surface area contributed by atoms with Crippen molar-refractivity contribution in [1.29, 1.82) is 0 Å². The van der Waals surface area contributed by atoms with Gasteiger partial charge in [0.15, 0.2) is 0 Å². The second kappa shape index (κ2) is 6.44. The summed E-state index contributed by atoms with van der Waals surface area (Å²) < 4.78 is 26.0. The minimum atomic E-state index is -3.88. The third-order valence-electron chi connectivity index (χ3n) is 2.55. The highest BCUT2D eigenvalue weighted by Crippen LogP contribution is 2.21. The number of carboxylic acid groups (broad SMARTS) is 1. The number of benzene rings is 1. The zero-order valence-corrected chi connectivity index (χ0v) is 11.5. The summed E-state index contributed by atoms with van der Waals surface area (Å²) in [5.74, 6) is -1.02. The molecule has 110 valence electrons. The maximum Gasteiger partial charge on any atom is 0.303 e. The van der Waals surface area contributed by atoms with Gasteiger partial charge in [-0.15, -0.1) is 0 Å². The standard InChI is InChI=1S/C11H14N2O6S/c1-8-4-5-9(7-10(8)13(16)17)20(18,19)12-6-2-3-11(14)15/h4-5,7,12H,2-3,6H2,1H3,(H,14,15). The molecule has 0 heterocycles. The third-order valence-corrected chi connectivity index (χ3v) is 4.01. The number of aryl methyl sites for hydroxylation is 1. The van der Waals surface area contributed by atoms with Crippen LogP contribution in [0.5, 0.6) is 0 Å². The van der Waals surface area contributed by atoms with Crippen molar-refractivity contribution < 1.29 is 23.2 Å². The van der Waals surface area contributed by atoms with Crippen LogP contribution < -0.4 is 4.72 Å². The van der Waals surface area contributed by atoms with Crippen molar-refractivity contribution in [2.45, 2.75) is 24.7 Å². The molecule has 8 nitrogen and oxygen atoms in total. The lowest BCUT2D eigenvalue weighted by Gasteiger charge is -2.06. The van der Waals surface area contributed by atoms with Gasteiger partial charge in [0.25, 0.3) is 5.69 Å². The number of rotatable bonds is 7. The fraction of sp³-hybridized carbons (Fsp3) is 0.364. The van der Waals surface area contributed by atoms with Crippen molar-refractivity contribution in [2.75, 3.05) is 6.54 Å². The molecule has 20 heavy (non-hydrogen) atoms. The molecule has 0 fully saturated rings. The Morgan fingerprint density at radius 1 is 1.45 bits per heavy atom. The van der Waals surface area contributed by atoms with Gasteiger partial charge in [0, 0.05) is 24.6 Å². The van der Waals surface area contributed by atoms with E-state index in [-0.39, 0.29) is 30.0 Å². The van der Waals surface area contributed by atoms with E-state index >= 15 is 0 Å². The molecule has 0 amide bonds. The Morgan fingerprint density at radius 2 is 2.10 bits per heavy atom. The molecule has 9 heteroatoms. The van der Waals surface area contributed by atoms with Crippen molar-refractivity contribution in [2.24, 2.45) is 0 Å². The van der Waals surface area contributed by atoms with Crippen LogP contribution in [0.3, 0.4) is 0 Å². The molecule has 0 bridgehead atoms. The van der Waals surface area contributed by atoms with Gasteiger partial charge in [0.2, 0.25) is 10.0 Å². The molecule has 1 aromatic carbocycles. The van der Waals surface area contributed by atoms with E-state index in [1.807, 2.05) is 0 Å². The molecule has 0 radical (unpaired) electrons. The molecule has 0 saturated carbocycles. The van der Waals surface area contributed by atoms with Crippen molar-refractivity contribution in [3.05, 3.63) is 33.9 Å². The van der Waals surface area contributed by atoms with Gasteiger partial charge in [-0.25, -0.2) is 13.1 Å².